The molecule has 4 N–H and O–H groups in total. The lowest BCUT2D eigenvalue weighted by atomic mass is 10.1. The highest BCUT2D eigenvalue weighted by Gasteiger charge is 2.16. The molecule has 4 heterocycles. The Hall–Kier alpha value is -6.03. The zero-order valence-corrected chi connectivity index (χ0v) is 26.5. The van der Waals surface area contributed by atoms with Crippen molar-refractivity contribution >= 4 is 62.2 Å². The Kier molecular flexibility index (Phi) is 12.4. The lowest BCUT2D eigenvalue weighted by Gasteiger charge is -2.08. The number of hydrogen-bond donors (Lipinski definition) is 3. The average Bonchev–Trinajstić information content (AvgIpc) is 3.67. The van der Waals surface area contributed by atoms with E-state index in [9.17, 15) is 32.3 Å². The van der Waals surface area contributed by atoms with Gasteiger partial charge in [-0.3, -0.25) is 18.4 Å². The number of rotatable bonds is 5. The summed E-state index contributed by atoms with van der Waals surface area (Å²) >= 11 is 3.28. The summed E-state index contributed by atoms with van der Waals surface area (Å²) in [6.45, 7) is 1.41. The molecule has 0 atom stereocenters. The molecule has 0 aliphatic heterocycles. The summed E-state index contributed by atoms with van der Waals surface area (Å²) < 4.78 is 47.9. The Morgan fingerprint density at radius 3 is 2.06 bits per heavy atom. The molecule has 0 saturated carbocycles. The fraction of sp³-hybridized carbons (Fsp3) is 0.0909. The molecular weight excluding hydrogens is 713 g/mol. The van der Waals surface area contributed by atoms with Crippen LogP contribution in [-0.4, -0.2) is 54.6 Å². The van der Waals surface area contributed by atoms with Crippen LogP contribution < -0.4 is 11.1 Å². The fourth-order valence-electron chi connectivity index (χ4n) is 4.05. The topological polar surface area (TPSA) is 170 Å². The lowest BCUT2D eigenvalue weighted by Crippen LogP contribution is -2.16. The van der Waals surface area contributed by atoms with Crippen LogP contribution in [0.3, 0.4) is 0 Å². The molecule has 0 aliphatic rings. The number of nitrogens with one attached hydrogen (secondary N) is 1. The minimum Gasteiger partial charge on any atom is -0.477 e. The summed E-state index contributed by atoms with van der Waals surface area (Å²) in [4.78, 5) is 53.1. The van der Waals surface area contributed by atoms with Crippen LogP contribution in [0.4, 0.5) is 24.5 Å². The van der Waals surface area contributed by atoms with Crippen molar-refractivity contribution in [1.29, 1.82) is 0 Å². The molecular formula is C33H28BrF3N6O6. The smallest absolute Gasteiger partial charge is 0.354 e. The van der Waals surface area contributed by atoms with Crippen molar-refractivity contribution in [2.45, 2.75) is 14.4 Å². The maximum Gasteiger partial charge on any atom is 0.354 e. The molecule has 0 saturated heterocycles. The number of nitrogens with zero attached hydrogens (tertiary/aromatic N) is 4. The predicted molar refractivity (Wildman–Crippen MR) is 178 cm³/mol. The fourth-order valence-corrected chi connectivity index (χ4v) is 4.38. The van der Waals surface area contributed by atoms with Crippen molar-refractivity contribution < 1.29 is 42.2 Å². The maximum atomic E-state index is 13.9. The first kappa shape index (κ1) is 37.4. The number of carbonyl (C=O) groups excluding carboxylic acids is 3. The van der Waals surface area contributed by atoms with Crippen molar-refractivity contribution in [3.63, 3.8) is 0 Å². The van der Waals surface area contributed by atoms with Crippen LogP contribution in [0.15, 0.2) is 89.9 Å². The monoisotopic (exact) mass is 740 g/mol. The van der Waals surface area contributed by atoms with Gasteiger partial charge in [0, 0.05) is 28.5 Å². The van der Waals surface area contributed by atoms with E-state index >= 15 is 0 Å². The number of fused-ring (bicyclic) bond motifs is 2. The first-order valence-corrected chi connectivity index (χ1v) is 14.3. The third kappa shape index (κ3) is 9.07. The molecule has 0 unspecified atom stereocenters. The highest BCUT2D eigenvalue weighted by molar-refractivity contribution is 9.10. The SMILES string of the molecule is C.CC(=O)c1ccc(F)c(N)c1.COC(=O)c1ccc(F)c(NC(=O)c2cnc3cc(F)ccn23)c1.O=C(O)c1cnc2cc(Br)ccn12. The van der Waals surface area contributed by atoms with E-state index in [0.29, 0.717) is 11.2 Å². The predicted octanol–water partition coefficient (Wildman–Crippen LogP) is 6.69. The second-order valence-corrected chi connectivity index (χ2v) is 10.6. The van der Waals surface area contributed by atoms with E-state index in [1.165, 1.54) is 77.8 Å². The normalized spacial score (nSPS) is 10.2. The molecule has 16 heteroatoms. The number of imidazole rings is 2. The minimum atomic E-state index is -0.977. The molecule has 0 fully saturated rings. The largest absolute Gasteiger partial charge is 0.477 e. The van der Waals surface area contributed by atoms with Gasteiger partial charge in [0.15, 0.2) is 11.5 Å². The van der Waals surface area contributed by atoms with Crippen LogP contribution in [-0.2, 0) is 4.74 Å². The molecule has 4 aromatic heterocycles. The number of halogens is 4. The molecule has 0 aliphatic carbocycles. The standard InChI is InChI=1S/C16H11F2N3O3.C8H5BrN2O2.C8H8FNO.CH4/c1-24-16(23)9-2-3-11(18)12(6-9)20-15(22)13-8-19-14-7-10(17)4-5-21(13)14;9-5-1-2-11-6(8(12)13)4-10-7(11)3-5;1-5(11)6-2-3-7(9)8(10)4-6;/h2-8H,1H3,(H,20,22);1-4H,(H,12,13);2-4H,10H2,1H3;1H4. The number of benzene rings is 2. The number of pyridine rings is 2. The Balaban J connectivity index is 0.000000219. The number of carboxylic acids is 1. The Morgan fingerprint density at radius 2 is 1.43 bits per heavy atom. The zero-order valence-electron chi connectivity index (χ0n) is 24.9. The number of ketones is 1. The van der Waals surface area contributed by atoms with Crippen molar-refractivity contribution in [2.75, 3.05) is 18.2 Å². The van der Waals surface area contributed by atoms with Crippen molar-refractivity contribution in [3.05, 3.63) is 130 Å². The molecule has 1 amide bonds. The maximum absolute atomic E-state index is 13.9. The number of Topliss-reactive ketones (excluding diaryl/α,β-unsaturated/α-hetero) is 1. The highest BCUT2D eigenvalue weighted by Crippen LogP contribution is 2.19. The Labute approximate surface area is 285 Å². The van der Waals surface area contributed by atoms with Crippen LogP contribution in [0.2, 0.25) is 0 Å². The number of methoxy groups -OCH3 is 1. The summed E-state index contributed by atoms with van der Waals surface area (Å²) in [5.41, 5.74) is 6.71. The second-order valence-electron chi connectivity index (χ2n) is 9.67. The van der Waals surface area contributed by atoms with E-state index in [2.05, 4.69) is 36.0 Å². The van der Waals surface area contributed by atoms with E-state index in [0.717, 1.165) is 16.6 Å². The first-order valence-electron chi connectivity index (χ1n) is 13.5. The molecule has 49 heavy (non-hydrogen) atoms. The number of ether oxygens (including phenoxy) is 1. The molecule has 254 valence electrons. The number of aromatic carboxylic acids is 1. The van der Waals surface area contributed by atoms with Gasteiger partial charge in [0.1, 0.15) is 34.4 Å². The van der Waals surface area contributed by atoms with Gasteiger partial charge in [0.2, 0.25) is 0 Å². The number of nitrogen functional groups attached to an aromatic ring is 1. The number of nitrogens with two attached hydrogens (primary N) is 1. The van der Waals surface area contributed by atoms with Gasteiger partial charge in [-0.1, -0.05) is 23.4 Å². The Morgan fingerprint density at radius 1 is 0.837 bits per heavy atom. The molecule has 6 aromatic rings. The molecule has 12 nitrogen and oxygen atoms in total. The summed E-state index contributed by atoms with van der Waals surface area (Å²) in [6, 6.07) is 13.2. The van der Waals surface area contributed by atoms with Gasteiger partial charge in [-0.15, -0.1) is 0 Å². The van der Waals surface area contributed by atoms with Crippen molar-refractivity contribution in [1.82, 2.24) is 18.8 Å². The first-order chi connectivity index (χ1) is 22.8. The van der Waals surface area contributed by atoms with E-state index in [4.69, 9.17) is 10.8 Å². The van der Waals surface area contributed by atoms with Gasteiger partial charge in [0.05, 0.1) is 36.4 Å². The third-order valence-electron chi connectivity index (χ3n) is 6.44. The van der Waals surface area contributed by atoms with Crippen LogP contribution in [0.1, 0.15) is 56.0 Å². The average molecular weight is 742 g/mol. The highest BCUT2D eigenvalue weighted by atomic mass is 79.9. The van der Waals surface area contributed by atoms with E-state index < -0.39 is 35.3 Å². The number of amides is 1. The van der Waals surface area contributed by atoms with Gasteiger partial charge in [-0.25, -0.2) is 32.7 Å². The number of carboxylic acid groups (broad SMARTS) is 1. The van der Waals surface area contributed by atoms with Crippen molar-refractivity contribution in [3.8, 4) is 0 Å². The quantitative estimate of drug-likeness (QED) is 0.0990. The lowest BCUT2D eigenvalue weighted by molar-refractivity contribution is 0.0599. The van der Waals surface area contributed by atoms with Crippen molar-refractivity contribution in [2.24, 2.45) is 0 Å². The van der Waals surface area contributed by atoms with E-state index in [1.54, 1.807) is 18.3 Å². The van der Waals surface area contributed by atoms with Crippen LogP contribution in [0, 0.1) is 17.5 Å². The summed E-state index contributed by atoms with van der Waals surface area (Å²) in [5, 5.41) is 11.1. The van der Waals surface area contributed by atoms with Crippen LogP contribution in [0.25, 0.3) is 11.3 Å². The number of anilines is 2. The van der Waals surface area contributed by atoms with E-state index in [1.807, 2.05) is 0 Å². The number of carbonyl (C=O) groups is 4. The number of esters is 1. The van der Waals surface area contributed by atoms with E-state index in [-0.39, 0.29) is 47.2 Å². The minimum absolute atomic E-state index is 0. The molecule has 0 radical (unpaired) electrons. The molecule has 0 spiro atoms. The molecule has 0 bridgehead atoms. The second kappa shape index (κ2) is 16.2. The van der Waals surface area contributed by atoms with Crippen LogP contribution >= 0.6 is 15.9 Å². The van der Waals surface area contributed by atoms with Gasteiger partial charge >= 0.3 is 11.9 Å². The number of hydrogen-bond acceptors (Lipinski definition) is 8. The van der Waals surface area contributed by atoms with Gasteiger partial charge in [-0.05, 0) is 61.5 Å². The van der Waals surface area contributed by atoms with Crippen LogP contribution in [0.5, 0.6) is 0 Å². The third-order valence-corrected chi connectivity index (χ3v) is 6.93. The molecule has 2 aromatic carbocycles. The number of aromatic nitrogens is 4. The van der Waals surface area contributed by atoms with Gasteiger partial charge in [0.25, 0.3) is 5.91 Å². The summed E-state index contributed by atoms with van der Waals surface area (Å²) in [5.74, 6) is -4.10. The summed E-state index contributed by atoms with van der Waals surface area (Å²) in [6.07, 6.45) is 5.58. The zero-order chi connectivity index (χ0) is 35.1. The van der Waals surface area contributed by atoms with Gasteiger partial charge < -0.3 is 20.9 Å². The van der Waals surface area contributed by atoms with Gasteiger partial charge in [-0.2, -0.15) is 0 Å². The Bertz CT molecular complexity index is 2190. The summed E-state index contributed by atoms with van der Waals surface area (Å²) in [7, 11) is 1.20. The molecule has 6 rings (SSSR count).